The highest BCUT2D eigenvalue weighted by atomic mass is 16.3. The van der Waals surface area contributed by atoms with Crippen LogP contribution in [0.2, 0.25) is 0 Å². The molecule has 1 atom stereocenters. The number of para-hydroxylation sites is 1. The molecule has 2 rings (SSSR count). The van der Waals surface area contributed by atoms with Crippen LogP contribution in [0.25, 0.3) is 0 Å². The summed E-state index contributed by atoms with van der Waals surface area (Å²) in [5, 5.41) is 13.1. The standard InChI is InChI=1S/C15H22N2O2/c1-15(2,19)10-17(3)14(18)12-8-9-16-13-7-5-4-6-11(12)13/h4-7,12,16,19H,8-10H2,1-3H3. The molecule has 0 saturated heterocycles. The second-order valence-corrected chi connectivity index (χ2v) is 5.86. The smallest absolute Gasteiger partial charge is 0.230 e. The molecule has 0 aromatic heterocycles. The minimum absolute atomic E-state index is 0.0797. The quantitative estimate of drug-likeness (QED) is 0.873. The fourth-order valence-electron chi connectivity index (χ4n) is 2.65. The number of nitrogens with one attached hydrogen (secondary N) is 1. The van der Waals surface area contributed by atoms with Gasteiger partial charge in [-0.1, -0.05) is 18.2 Å². The van der Waals surface area contributed by atoms with E-state index in [1.807, 2.05) is 24.3 Å². The van der Waals surface area contributed by atoms with Crippen LogP contribution in [-0.4, -0.2) is 41.7 Å². The molecule has 104 valence electrons. The lowest BCUT2D eigenvalue weighted by Crippen LogP contribution is -2.42. The number of amides is 1. The molecule has 1 aromatic carbocycles. The van der Waals surface area contributed by atoms with Gasteiger partial charge in [-0.15, -0.1) is 0 Å². The van der Waals surface area contributed by atoms with Crippen LogP contribution in [0.4, 0.5) is 5.69 Å². The van der Waals surface area contributed by atoms with Gasteiger partial charge >= 0.3 is 0 Å². The van der Waals surface area contributed by atoms with E-state index < -0.39 is 5.60 Å². The molecule has 0 saturated carbocycles. The molecule has 1 aromatic rings. The molecule has 2 N–H and O–H groups in total. The second-order valence-electron chi connectivity index (χ2n) is 5.86. The SMILES string of the molecule is CN(CC(C)(C)O)C(=O)C1CCNc2ccccc21. The summed E-state index contributed by atoms with van der Waals surface area (Å²) in [4.78, 5) is 14.2. The summed E-state index contributed by atoms with van der Waals surface area (Å²) in [6.07, 6.45) is 0.798. The molecule has 0 spiro atoms. The van der Waals surface area contributed by atoms with Gasteiger partial charge in [0.1, 0.15) is 0 Å². The molecule has 1 aliphatic heterocycles. The summed E-state index contributed by atoms with van der Waals surface area (Å²) in [6, 6.07) is 7.94. The van der Waals surface area contributed by atoms with E-state index in [2.05, 4.69) is 5.32 Å². The number of carbonyl (C=O) groups is 1. The maximum atomic E-state index is 12.5. The van der Waals surface area contributed by atoms with E-state index in [4.69, 9.17) is 0 Å². The normalized spacial score (nSPS) is 18.4. The van der Waals surface area contributed by atoms with Gasteiger partial charge in [0.25, 0.3) is 0 Å². The lowest BCUT2D eigenvalue weighted by Gasteiger charge is -2.32. The van der Waals surface area contributed by atoms with Crippen molar-refractivity contribution >= 4 is 11.6 Å². The van der Waals surface area contributed by atoms with Crippen molar-refractivity contribution in [2.45, 2.75) is 31.8 Å². The Morgan fingerprint density at radius 1 is 1.47 bits per heavy atom. The zero-order valence-corrected chi connectivity index (χ0v) is 11.8. The van der Waals surface area contributed by atoms with E-state index in [-0.39, 0.29) is 11.8 Å². The first-order valence-corrected chi connectivity index (χ1v) is 6.68. The molecule has 0 aliphatic carbocycles. The zero-order chi connectivity index (χ0) is 14.0. The summed E-state index contributed by atoms with van der Waals surface area (Å²) < 4.78 is 0. The Morgan fingerprint density at radius 2 is 2.16 bits per heavy atom. The van der Waals surface area contributed by atoms with Crippen molar-refractivity contribution in [2.75, 3.05) is 25.5 Å². The van der Waals surface area contributed by atoms with E-state index in [0.29, 0.717) is 6.54 Å². The summed E-state index contributed by atoms with van der Waals surface area (Å²) >= 11 is 0. The van der Waals surface area contributed by atoms with E-state index in [1.165, 1.54) is 0 Å². The van der Waals surface area contributed by atoms with Crippen molar-refractivity contribution in [1.29, 1.82) is 0 Å². The Balaban J connectivity index is 2.17. The Hall–Kier alpha value is -1.55. The molecule has 0 bridgehead atoms. The van der Waals surface area contributed by atoms with Crippen LogP contribution < -0.4 is 5.32 Å². The van der Waals surface area contributed by atoms with Crippen molar-refractivity contribution in [3.63, 3.8) is 0 Å². The van der Waals surface area contributed by atoms with Gasteiger partial charge in [-0.3, -0.25) is 4.79 Å². The van der Waals surface area contributed by atoms with E-state index in [1.54, 1.807) is 25.8 Å². The lowest BCUT2D eigenvalue weighted by atomic mass is 9.89. The monoisotopic (exact) mass is 262 g/mol. The van der Waals surface area contributed by atoms with E-state index >= 15 is 0 Å². The molecule has 19 heavy (non-hydrogen) atoms. The van der Waals surface area contributed by atoms with Crippen LogP contribution in [0, 0.1) is 0 Å². The number of carbonyl (C=O) groups excluding carboxylic acids is 1. The Bertz CT molecular complexity index is 465. The maximum absolute atomic E-state index is 12.5. The fraction of sp³-hybridized carbons (Fsp3) is 0.533. The van der Waals surface area contributed by atoms with Crippen LogP contribution in [0.1, 0.15) is 31.7 Å². The van der Waals surface area contributed by atoms with Gasteiger partial charge in [-0.05, 0) is 31.9 Å². The Labute approximate surface area is 114 Å². The first-order valence-electron chi connectivity index (χ1n) is 6.68. The summed E-state index contributed by atoms with van der Waals surface area (Å²) in [7, 11) is 1.75. The molecule has 1 amide bonds. The molecule has 4 nitrogen and oxygen atoms in total. The number of fused-ring (bicyclic) bond motifs is 1. The number of nitrogens with zero attached hydrogens (tertiary/aromatic N) is 1. The van der Waals surface area contributed by atoms with Gasteiger partial charge in [-0.25, -0.2) is 0 Å². The van der Waals surface area contributed by atoms with Gasteiger partial charge in [0.05, 0.1) is 11.5 Å². The molecular formula is C15H22N2O2. The van der Waals surface area contributed by atoms with Crippen LogP contribution in [0.15, 0.2) is 24.3 Å². The summed E-state index contributed by atoms with van der Waals surface area (Å²) in [5.41, 5.74) is 1.24. The third-order valence-electron chi connectivity index (χ3n) is 3.38. The number of hydrogen-bond acceptors (Lipinski definition) is 3. The van der Waals surface area contributed by atoms with Crippen molar-refractivity contribution in [3.05, 3.63) is 29.8 Å². The summed E-state index contributed by atoms with van der Waals surface area (Å²) in [6.45, 7) is 4.59. The predicted molar refractivity (Wildman–Crippen MR) is 76.2 cm³/mol. The van der Waals surface area contributed by atoms with Gasteiger partial charge in [0, 0.05) is 25.8 Å². The summed E-state index contributed by atoms with van der Waals surface area (Å²) in [5.74, 6) is -0.0270. The van der Waals surface area contributed by atoms with Gasteiger partial charge in [0.15, 0.2) is 0 Å². The highest BCUT2D eigenvalue weighted by molar-refractivity contribution is 5.86. The zero-order valence-electron chi connectivity index (χ0n) is 11.8. The average molecular weight is 262 g/mol. The number of benzene rings is 1. The van der Waals surface area contributed by atoms with Crippen LogP contribution in [0.5, 0.6) is 0 Å². The van der Waals surface area contributed by atoms with Crippen LogP contribution >= 0.6 is 0 Å². The third kappa shape index (κ3) is 3.26. The largest absolute Gasteiger partial charge is 0.389 e. The first-order chi connectivity index (χ1) is 8.88. The van der Waals surface area contributed by atoms with E-state index in [9.17, 15) is 9.90 Å². The highest BCUT2D eigenvalue weighted by Crippen LogP contribution is 2.32. The van der Waals surface area contributed by atoms with Gasteiger partial charge in [-0.2, -0.15) is 0 Å². The van der Waals surface area contributed by atoms with Gasteiger partial charge < -0.3 is 15.3 Å². The topological polar surface area (TPSA) is 52.6 Å². The molecular weight excluding hydrogens is 240 g/mol. The van der Waals surface area contributed by atoms with Crippen molar-refractivity contribution < 1.29 is 9.90 Å². The number of aliphatic hydroxyl groups is 1. The molecule has 1 heterocycles. The number of anilines is 1. The predicted octanol–water partition coefficient (Wildman–Crippen LogP) is 1.82. The van der Waals surface area contributed by atoms with Crippen LogP contribution in [-0.2, 0) is 4.79 Å². The van der Waals surface area contributed by atoms with Crippen molar-refractivity contribution in [1.82, 2.24) is 4.90 Å². The average Bonchev–Trinajstić information content (AvgIpc) is 2.35. The maximum Gasteiger partial charge on any atom is 0.230 e. The number of likely N-dealkylation sites (N-methyl/N-ethyl adjacent to an activating group) is 1. The molecule has 0 fully saturated rings. The van der Waals surface area contributed by atoms with Crippen molar-refractivity contribution in [3.8, 4) is 0 Å². The van der Waals surface area contributed by atoms with Gasteiger partial charge in [0.2, 0.25) is 5.91 Å². The first kappa shape index (κ1) is 13.9. The molecule has 1 unspecified atom stereocenters. The van der Waals surface area contributed by atoms with Crippen molar-refractivity contribution in [2.24, 2.45) is 0 Å². The third-order valence-corrected chi connectivity index (χ3v) is 3.38. The number of hydrogen-bond donors (Lipinski definition) is 2. The minimum atomic E-state index is -0.864. The van der Waals surface area contributed by atoms with Crippen LogP contribution in [0.3, 0.4) is 0 Å². The fourth-order valence-corrected chi connectivity index (χ4v) is 2.65. The minimum Gasteiger partial charge on any atom is -0.389 e. The Kier molecular flexibility index (Phi) is 3.80. The second kappa shape index (κ2) is 5.21. The Morgan fingerprint density at radius 3 is 2.84 bits per heavy atom. The lowest BCUT2D eigenvalue weighted by molar-refractivity contribution is -0.134. The molecule has 4 heteroatoms. The number of rotatable bonds is 3. The highest BCUT2D eigenvalue weighted by Gasteiger charge is 2.30. The molecule has 0 radical (unpaired) electrons. The molecule has 1 aliphatic rings. The van der Waals surface area contributed by atoms with E-state index in [0.717, 1.165) is 24.2 Å².